The largest absolute Gasteiger partial charge is 0.475 e. The quantitative estimate of drug-likeness (QED) is 0.515. The lowest BCUT2D eigenvalue weighted by atomic mass is 9.76. The monoisotopic (exact) mass is 453 g/mol. The van der Waals surface area contributed by atoms with Gasteiger partial charge in [0, 0.05) is 6.54 Å². The zero-order valence-electron chi connectivity index (χ0n) is 19.6. The second kappa shape index (κ2) is 8.34. The van der Waals surface area contributed by atoms with Crippen LogP contribution in [-0.2, 0) is 16.0 Å². The van der Waals surface area contributed by atoms with E-state index in [1.165, 1.54) is 0 Å². The number of ether oxygens (including phenoxy) is 1. The Kier molecular flexibility index (Phi) is 5.96. The van der Waals surface area contributed by atoms with Gasteiger partial charge in [0.1, 0.15) is 12.5 Å². The highest BCUT2D eigenvalue weighted by Gasteiger charge is 2.92. The molecule has 6 atom stereocenters. The molecular weight excluding hydrogens is 421 g/mol. The molecule has 0 spiro atoms. The average Bonchev–Trinajstić information content (AvgIpc) is 3.56. The first-order valence-electron chi connectivity index (χ1n) is 11.5. The number of carbonyl (C=O) groups is 2. The van der Waals surface area contributed by atoms with Crippen molar-refractivity contribution in [3.05, 3.63) is 35.4 Å². The number of fused-ring (bicyclic) bond motifs is 1. The van der Waals surface area contributed by atoms with E-state index < -0.39 is 30.6 Å². The number of nitrogens with zero attached hydrogens (tertiary/aromatic N) is 2. The van der Waals surface area contributed by atoms with Crippen LogP contribution in [0.25, 0.3) is 0 Å². The Bertz CT molecular complexity index is 958. The van der Waals surface area contributed by atoms with Gasteiger partial charge in [-0.3, -0.25) is 4.79 Å². The minimum Gasteiger partial charge on any atom is -0.447 e. The van der Waals surface area contributed by atoms with Crippen LogP contribution < -0.4 is 5.32 Å². The molecule has 2 saturated heterocycles. The fourth-order valence-corrected chi connectivity index (χ4v) is 5.59. The van der Waals surface area contributed by atoms with E-state index >= 15 is 0 Å². The highest BCUT2D eigenvalue weighted by Crippen LogP contribution is 2.83. The highest BCUT2D eigenvalue weighted by atomic mass is 16.6. The summed E-state index contributed by atoms with van der Waals surface area (Å²) in [6, 6.07) is 9.75. The van der Waals surface area contributed by atoms with Crippen molar-refractivity contribution in [3.63, 3.8) is 0 Å². The van der Waals surface area contributed by atoms with Gasteiger partial charge < -0.3 is 25.0 Å². The molecule has 1 aromatic carbocycles. The van der Waals surface area contributed by atoms with E-state index in [1.54, 1.807) is 4.90 Å². The number of hydrogen-bond acceptors (Lipinski definition) is 6. The molecule has 3 N–H and O–H groups in total. The van der Waals surface area contributed by atoms with E-state index in [2.05, 4.69) is 11.4 Å². The van der Waals surface area contributed by atoms with Gasteiger partial charge in [0.2, 0.25) is 5.91 Å². The number of nitriles is 1. The molecule has 2 aliphatic carbocycles. The Morgan fingerprint density at radius 3 is 2.48 bits per heavy atom. The lowest BCUT2D eigenvalue weighted by Crippen LogP contribution is -2.50. The molecule has 2 bridgehead atoms. The number of nitrogens with one attached hydrogen (secondary N) is 1. The van der Waals surface area contributed by atoms with Gasteiger partial charge in [0.25, 0.3) is 0 Å². The molecule has 4 fully saturated rings. The van der Waals surface area contributed by atoms with Crippen LogP contribution in [0.2, 0.25) is 0 Å². The maximum Gasteiger partial charge on any atom is 0.475 e. The van der Waals surface area contributed by atoms with Crippen LogP contribution in [0.1, 0.15) is 38.3 Å². The summed E-state index contributed by atoms with van der Waals surface area (Å²) in [5.41, 5.74) is 1.31. The fourth-order valence-electron chi connectivity index (χ4n) is 5.59. The molecule has 8 nitrogen and oxygen atoms in total. The Hall–Kier alpha value is -2.57. The first-order chi connectivity index (χ1) is 15.5. The second-order valence-corrected chi connectivity index (χ2v) is 11.0. The first-order valence-corrected chi connectivity index (χ1v) is 11.5. The Labute approximate surface area is 195 Å². The maximum atomic E-state index is 13.1. The standard InChI is InChI=1S/C24H32BN3O5/c1-14-5-7-15(8-6-14)9-18(25(31)32)27-22(30)33-13-24-19-17(20(19)24)12-28(24)21(29)16(11-26)10-23(2,3)4/h5-8,16-20,31-32H,9-10,12-13H2,1-4H3,(H,27,30)/t16?,17-,18-,19+,20?,24+/m0/s1. The van der Waals surface area contributed by atoms with Gasteiger partial charge in [0.15, 0.2) is 0 Å². The molecule has 2 unspecified atom stereocenters. The number of rotatable bonds is 8. The van der Waals surface area contributed by atoms with Gasteiger partial charge >= 0.3 is 13.2 Å². The topological polar surface area (TPSA) is 123 Å². The highest BCUT2D eigenvalue weighted by molar-refractivity contribution is 6.43. The first kappa shape index (κ1) is 23.6. The van der Waals surface area contributed by atoms with Crippen LogP contribution in [0.3, 0.4) is 0 Å². The number of carbonyl (C=O) groups excluding carboxylic acids is 2. The van der Waals surface area contributed by atoms with Gasteiger partial charge in [-0.25, -0.2) is 4.79 Å². The summed E-state index contributed by atoms with van der Waals surface area (Å²) in [6.45, 7) is 8.65. The summed E-state index contributed by atoms with van der Waals surface area (Å²) >= 11 is 0. The van der Waals surface area contributed by atoms with Gasteiger partial charge in [-0.15, -0.1) is 0 Å². The average molecular weight is 453 g/mol. The Balaban J connectivity index is 1.34. The lowest BCUT2D eigenvalue weighted by Gasteiger charge is -2.31. The van der Waals surface area contributed by atoms with E-state index in [0.29, 0.717) is 30.7 Å². The van der Waals surface area contributed by atoms with Crippen molar-refractivity contribution >= 4 is 19.1 Å². The summed E-state index contributed by atoms with van der Waals surface area (Å²) in [7, 11) is -1.74. The third-order valence-corrected chi connectivity index (χ3v) is 7.32. The van der Waals surface area contributed by atoms with Crippen molar-refractivity contribution in [2.24, 2.45) is 29.1 Å². The number of amides is 2. The number of benzene rings is 1. The minimum atomic E-state index is -1.74. The molecular formula is C24H32BN3O5. The van der Waals surface area contributed by atoms with E-state index in [-0.39, 0.29) is 24.3 Å². The van der Waals surface area contributed by atoms with E-state index in [4.69, 9.17) is 4.74 Å². The third kappa shape index (κ3) is 4.47. The molecule has 33 heavy (non-hydrogen) atoms. The van der Waals surface area contributed by atoms with Crippen molar-refractivity contribution in [1.29, 1.82) is 5.26 Å². The Morgan fingerprint density at radius 2 is 1.94 bits per heavy atom. The van der Waals surface area contributed by atoms with Gasteiger partial charge in [-0.2, -0.15) is 5.26 Å². The third-order valence-electron chi connectivity index (χ3n) is 7.32. The molecule has 2 saturated carbocycles. The summed E-state index contributed by atoms with van der Waals surface area (Å²) in [6.07, 6.45) is -0.0266. The van der Waals surface area contributed by atoms with Gasteiger partial charge in [-0.05, 0) is 48.5 Å². The molecule has 9 heteroatoms. The minimum absolute atomic E-state index is 0.0584. The van der Waals surface area contributed by atoms with Crippen LogP contribution in [-0.4, -0.2) is 58.7 Å². The SMILES string of the molecule is Cc1ccc(C[C@H](NC(=O)OC[C@@]23C4[C@@H](CN2C(=O)C(C#N)CC(C)(C)C)[C@H]43)B(O)O)cc1. The van der Waals surface area contributed by atoms with E-state index in [0.717, 1.165) is 11.1 Å². The normalized spacial score (nSPS) is 28.3. The van der Waals surface area contributed by atoms with E-state index in [9.17, 15) is 24.9 Å². The summed E-state index contributed by atoms with van der Waals surface area (Å²) < 4.78 is 5.47. The van der Waals surface area contributed by atoms with Crippen molar-refractivity contribution in [2.45, 2.75) is 52.0 Å². The number of alkyl carbamates (subject to hydrolysis) is 1. The van der Waals surface area contributed by atoms with Crippen LogP contribution in [0, 0.1) is 47.3 Å². The molecule has 0 radical (unpaired) electrons. The predicted molar refractivity (Wildman–Crippen MR) is 121 cm³/mol. The van der Waals surface area contributed by atoms with Crippen LogP contribution >= 0.6 is 0 Å². The molecule has 4 aliphatic rings. The number of piperidine rings is 1. The smallest absolute Gasteiger partial charge is 0.447 e. The molecule has 1 aromatic rings. The van der Waals surface area contributed by atoms with Crippen LogP contribution in [0.5, 0.6) is 0 Å². The van der Waals surface area contributed by atoms with E-state index in [1.807, 2.05) is 52.0 Å². The van der Waals surface area contributed by atoms with Gasteiger partial charge in [0.05, 0.1) is 17.5 Å². The fraction of sp³-hybridized carbons (Fsp3) is 0.625. The van der Waals surface area contributed by atoms with Crippen molar-refractivity contribution in [1.82, 2.24) is 10.2 Å². The molecule has 5 rings (SSSR count). The molecule has 2 amide bonds. The van der Waals surface area contributed by atoms with Crippen molar-refractivity contribution in [2.75, 3.05) is 13.2 Å². The number of aryl methyl sites for hydroxylation is 1. The lowest BCUT2D eigenvalue weighted by molar-refractivity contribution is -0.137. The maximum absolute atomic E-state index is 13.1. The predicted octanol–water partition coefficient (Wildman–Crippen LogP) is 1.68. The van der Waals surface area contributed by atoms with Crippen molar-refractivity contribution in [3.8, 4) is 6.07 Å². The molecule has 2 aliphatic heterocycles. The zero-order valence-corrected chi connectivity index (χ0v) is 19.6. The summed E-state index contributed by atoms with van der Waals surface area (Å²) in [4.78, 5) is 27.4. The van der Waals surface area contributed by atoms with Crippen molar-refractivity contribution < 1.29 is 24.4 Å². The second-order valence-electron chi connectivity index (χ2n) is 11.0. The Morgan fingerprint density at radius 1 is 1.30 bits per heavy atom. The number of hydrogen-bond donors (Lipinski definition) is 3. The summed E-state index contributed by atoms with van der Waals surface area (Å²) in [5.74, 6) is -0.673. The molecule has 0 aromatic heterocycles. The van der Waals surface area contributed by atoms with Crippen LogP contribution in [0.15, 0.2) is 24.3 Å². The van der Waals surface area contributed by atoms with Crippen LogP contribution in [0.4, 0.5) is 4.79 Å². The molecule has 2 heterocycles. The molecule has 176 valence electrons. The summed E-state index contributed by atoms with van der Waals surface area (Å²) in [5, 5.41) is 31.5. The zero-order chi connectivity index (χ0) is 24.1. The van der Waals surface area contributed by atoms with Gasteiger partial charge in [-0.1, -0.05) is 50.6 Å².